The zero-order chi connectivity index (χ0) is 11.8. The largest absolute Gasteiger partial charge is 0.327 e. The number of nitrogens with zero attached hydrogens (tertiary/aromatic N) is 2. The van der Waals surface area contributed by atoms with Gasteiger partial charge in [0.05, 0.1) is 0 Å². The number of thioether (sulfide) groups is 1. The molecule has 1 aromatic carbocycles. The van der Waals surface area contributed by atoms with Crippen molar-refractivity contribution in [1.29, 1.82) is 0 Å². The first kappa shape index (κ1) is 10.7. The summed E-state index contributed by atoms with van der Waals surface area (Å²) in [7, 11) is 1.79. The molecule has 0 aliphatic carbocycles. The molecule has 1 aromatic heterocycles. The third kappa shape index (κ3) is 1.82. The summed E-state index contributed by atoms with van der Waals surface area (Å²) >= 11 is 1.89. The molecule has 0 N–H and O–H groups in total. The standard InChI is InChI=1S/C13H14N2OS/c1-14-6-7-15(13(14)16)8-10-9-17-12-5-3-2-4-11(10)12/h2-7,10H,8-9H2,1H3. The minimum absolute atomic E-state index is 0.0689. The number of hydrogen-bond acceptors (Lipinski definition) is 2. The van der Waals surface area contributed by atoms with E-state index in [0.717, 1.165) is 12.3 Å². The lowest BCUT2D eigenvalue weighted by molar-refractivity contribution is 0.578. The SMILES string of the molecule is Cn1ccn(CC2CSc3ccccc32)c1=O. The number of aromatic nitrogens is 2. The van der Waals surface area contributed by atoms with Crippen molar-refractivity contribution in [1.82, 2.24) is 9.13 Å². The van der Waals surface area contributed by atoms with Crippen LogP contribution in [-0.4, -0.2) is 14.9 Å². The number of rotatable bonds is 2. The average molecular weight is 246 g/mol. The fourth-order valence-corrected chi connectivity index (χ4v) is 3.51. The van der Waals surface area contributed by atoms with Crippen molar-refractivity contribution in [3.05, 3.63) is 52.7 Å². The molecule has 17 heavy (non-hydrogen) atoms. The Kier molecular flexibility index (Phi) is 2.59. The molecule has 2 aromatic rings. The molecule has 0 saturated heterocycles. The highest BCUT2D eigenvalue weighted by Crippen LogP contribution is 2.39. The van der Waals surface area contributed by atoms with Gasteiger partial charge in [0.15, 0.2) is 0 Å². The van der Waals surface area contributed by atoms with Crippen LogP contribution in [0.1, 0.15) is 11.5 Å². The molecule has 1 aliphatic rings. The number of hydrogen-bond donors (Lipinski definition) is 0. The van der Waals surface area contributed by atoms with Gasteiger partial charge in [0, 0.05) is 42.6 Å². The molecule has 0 amide bonds. The Labute approximate surface area is 104 Å². The van der Waals surface area contributed by atoms with Gasteiger partial charge in [-0.05, 0) is 11.6 Å². The molecule has 2 heterocycles. The van der Waals surface area contributed by atoms with Gasteiger partial charge in [-0.1, -0.05) is 18.2 Å². The molecule has 1 aliphatic heterocycles. The van der Waals surface area contributed by atoms with E-state index in [2.05, 4.69) is 24.3 Å². The Hall–Kier alpha value is -1.42. The minimum atomic E-state index is 0.0689. The topological polar surface area (TPSA) is 26.9 Å². The summed E-state index contributed by atoms with van der Waals surface area (Å²) in [5.41, 5.74) is 1.45. The van der Waals surface area contributed by atoms with E-state index in [1.54, 1.807) is 16.2 Å². The predicted octanol–water partition coefficient (Wildman–Crippen LogP) is 2.08. The fraction of sp³-hybridized carbons (Fsp3) is 0.308. The molecule has 4 heteroatoms. The highest BCUT2D eigenvalue weighted by atomic mass is 32.2. The van der Waals surface area contributed by atoms with Crippen molar-refractivity contribution in [2.75, 3.05) is 5.75 Å². The molecule has 0 fully saturated rings. The van der Waals surface area contributed by atoms with Crippen LogP contribution in [0.25, 0.3) is 0 Å². The summed E-state index contributed by atoms with van der Waals surface area (Å²) in [6.45, 7) is 0.781. The maximum atomic E-state index is 11.8. The van der Waals surface area contributed by atoms with Crippen LogP contribution in [-0.2, 0) is 13.6 Å². The van der Waals surface area contributed by atoms with Crippen LogP contribution >= 0.6 is 11.8 Å². The summed E-state index contributed by atoms with van der Waals surface area (Å²) in [5, 5.41) is 0. The van der Waals surface area contributed by atoms with Gasteiger partial charge >= 0.3 is 5.69 Å². The Morgan fingerprint density at radius 2 is 2.18 bits per heavy atom. The van der Waals surface area contributed by atoms with Gasteiger partial charge in [-0.15, -0.1) is 11.8 Å². The molecular formula is C13H14N2OS. The van der Waals surface area contributed by atoms with Crippen LogP contribution in [0.2, 0.25) is 0 Å². The van der Waals surface area contributed by atoms with Gasteiger partial charge in [0.25, 0.3) is 0 Å². The lowest BCUT2D eigenvalue weighted by Gasteiger charge is -2.10. The molecule has 1 atom stereocenters. The summed E-state index contributed by atoms with van der Waals surface area (Å²) in [6.07, 6.45) is 3.68. The van der Waals surface area contributed by atoms with Crippen LogP contribution < -0.4 is 5.69 Å². The van der Waals surface area contributed by atoms with Gasteiger partial charge in [0.1, 0.15) is 0 Å². The molecule has 88 valence electrons. The van der Waals surface area contributed by atoms with Crippen LogP contribution in [0, 0.1) is 0 Å². The van der Waals surface area contributed by atoms with E-state index in [1.807, 2.05) is 24.2 Å². The predicted molar refractivity (Wildman–Crippen MR) is 69.6 cm³/mol. The third-order valence-corrected chi connectivity index (χ3v) is 4.49. The average Bonchev–Trinajstić information content (AvgIpc) is 2.89. The first-order chi connectivity index (χ1) is 8.25. The van der Waals surface area contributed by atoms with Crippen LogP contribution in [0.4, 0.5) is 0 Å². The Morgan fingerprint density at radius 3 is 2.94 bits per heavy atom. The van der Waals surface area contributed by atoms with Gasteiger partial charge < -0.3 is 4.57 Å². The van der Waals surface area contributed by atoms with E-state index in [0.29, 0.717) is 5.92 Å². The molecular weight excluding hydrogens is 232 g/mol. The maximum Gasteiger partial charge on any atom is 0.327 e. The lowest BCUT2D eigenvalue weighted by atomic mass is 10.0. The number of imidazole rings is 1. The summed E-state index contributed by atoms with van der Waals surface area (Å²) in [5.74, 6) is 1.53. The molecule has 0 radical (unpaired) electrons. The van der Waals surface area contributed by atoms with Crippen molar-refractivity contribution in [3.8, 4) is 0 Å². The van der Waals surface area contributed by atoms with Gasteiger partial charge in [-0.2, -0.15) is 0 Å². The highest BCUT2D eigenvalue weighted by Gasteiger charge is 2.23. The van der Waals surface area contributed by atoms with Gasteiger partial charge in [0.2, 0.25) is 0 Å². The molecule has 1 unspecified atom stereocenters. The molecule has 0 bridgehead atoms. The highest BCUT2D eigenvalue weighted by molar-refractivity contribution is 7.99. The van der Waals surface area contributed by atoms with Crippen molar-refractivity contribution in [2.45, 2.75) is 17.4 Å². The number of fused-ring (bicyclic) bond motifs is 1. The van der Waals surface area contributed by atoms with E-state index in [9.17, 15) is 4.79 Å². The Morgan fingerprint density at radius 1 is 1.35 bits per heavy atom. The van der Waals surface area contributed by atoms with E-state index in [-0.39, 0.29) is 5.69 Å². The summed E-state index contributed by atoms with van der Waals surface area (Å²) in [6, 6.07) is 8.48. The second kappa shape index (κ2) is 4.11. The molecule has 3 nitrogen and oxygen atoms in total. The molecule has 0 spiro atoms. The zero-order valence-electron chi connectivity index (χ0n) is 9.67. The van der Waals surface area contributed by atoms with Crippen molar-refractivity contribution < 1.29 is 0 Å². The maximum absolute atomic E-state index is 11.8. The zero-order valence-corrected chi connectivity index (χ0v) is 10.5. The quantitative estimate of drug-likeness (QED) is 0.811. The monoisotopic (exact) mass is 246 g/mol. The Bertz CT molecular complexity index is 599. The fourth-order valence-electron chi connectivity index (χ4n) is 2.27. The van der Waals surface area contributed by atoms with E-state index in [1.165, 1.54) is 10.5 Å². The van der Waals surface area contributed by atoms with Crippen LogP contribution in [0.3, 0.4) is 0 Å². The van der Waals surface area contributed by atoms with Crippen LogP contribution in [0.15, 0.2) is 46.3 Å². The van der Waals surface area contributed by atoms with Gasteiger partial charge in [-0.25, -0.2) is 4.79 Å². The third-order valence-electron chi connectivity index (χ3n) is 3.23. The van der Waals surface area contributed by atoms with E-state index >= 15 is 0 Å². The number of aryl methyl sites for hydroxylation is 1. The van der Waals surface area contributed by atoms with E-state index in [4.69, 9.17) is 0 Å². The second-order valence-electron chi connectivity index (χ2n) is 4.39. The minimum Gasteiger partial charge on any atom is -0.302 e. The van der Waals surface area contributed by atoms with Crippen molar-refractivity contribution in [3.63, 3.8) is 0 Å². The summed E-state index contributed by atoms with van der Waals surface area (Å²) in [4.78, 5) is 13.2. The molecule has 3 rings (SSSR count). The molecule has 0 saturated carbocycles. The normalized spacial score (nSPS) is 18.3. The Balaban J connectivity index is 1.89. The van der Waals surface area contributed by atoms with Crippen molar-refractivity contribution >= 4 is 11.8 Å². The number of benzene rings is 1. The summed E-state index contributed by atoms with van der Waals surface area (Å²) < 4.78 is 3.42. The van der Waals surface area contributed by atoms with Crippen LogP contribution in [0.5, 0.6) is 0 Å². The van der Waals surface area contributed by atoms with E-state index < -0.39 is 0 Å². The first-order valence-electron chi connectivity index (χ1n) is 5.69. The van der Waals surface area contributed by atoms with Crippen molar-refractivity contribution in [2.24, 2.45) is 7.05 Å². The smallest absolute Gasteiger partial charge is 0.302 e. The first-order valence-corrected chi connectivity index (χ1v) is 6.68. The lowest BCUT2D eigenvalue weighted by Crippen LogP contribution is -2.24. The second-order valence-corrected chi connectivity index (χ2v) is 5.45. The van der Waals surface area contributed by atoms with Gasteiger partial charge in [-0.3, -0.25) is 4.57 Å².